The fourth-order valence-electron chi connectivity index (χ4n) is 3.21. The van der Waals surface area contributed by atoms with E-state index < -0.39 is 0 Å². The summed E-state index contributed by atoms with van der Waals surface area (Å²) in [6.07, 6.45) is 5.48. The maximum atomic E-state index is 12.7. The predicted octanol–water partition coefficient (Wildman–Crippen LogP) is 3.78. The Morgan fingerprint density at radius 3 is 3.04 bits per heavy atom. The van der Waals surface area contributed by atoms with Crippen LogP contribution in [0, 0.1) is 0 Å². The highest BCUT2D eigenvalue weighted by Gasteiger charge is 2.21. The smallest absolute Gasteiger partial charge is 0.246 e. The summed E-state index contributed by atoms with van der Waals surface area (Å²) in [5, 5.41) is 3.23. The van der Waals surface area contributed by atoms with Gasteiger partial charge in [0.05, 0.1) is 17.7 Å². The lowest BCUT2D eigenvalue weighted by atomic mass is 10.0. The number of aromatic nitrogens is 2. The molecule has 0 atom stereocenters. The minimum Gasteiger partial charge on any atom is -0.374 e. The van der Waals surface area contributed by atoms with Gasteiger partial charge in [-0.2, -0.15) is 0 Å². The van der Waals surface area contributed by atoms with Crippen molar-refractivity contribution in [3.8, 4) is 0 Å². The summed E-state index contributed by atoms with van der Waals surface area (Å²) in [5.41, 5.74) is 4.63. The Labute approximate surface area is 154 Å². The van der Waals surface area contributed by atoms with Gasteiger partial charge in [-0.1, -0.05) is 18.2 Å². The molecule has 4 rings (SSSR count). The van der Waals surface area contributed by atoms with Crippen LogP contribution in [0.4, 0.5) is 11.4 Å². The molecule has 2 aromatic heterocycles. The van der Waals surface area contributed by atoms with Crippen molar-refractivity contribution in [1.29, 1.82) is 0 Å². The number of benzene rings is 1. The number of halogens is 1. The lowest BCUT2D eigenvalue weighted by molar-refractivity contribution is -0.117. The molecule has 1 aliphatic heterocycles. The first-order chi connectivity index (χ1) is 12.2. The molecular formula is C19H17BrN4O. The molecule has 126 valence electrons. The summed E-state index contributed by atoms with van der Waals surface area (Å²) < 4.78 is 0.880. The molecule has 3 heterocycles. The zero-order valence-corrected chi connectivity index (χ0v) is 15.2. The van der Waals surface area contributed by atoms with Crippen LogP contribution in [0.3, 0.4) is 0 Å². The number of hydrogen-bond acceptors (Lipinski definition) is 4. The number of fused-ring (bicyclic) bond motifs is 2. The van der Waals surface area contributed by atoms with Gasteiger partial charge in [0, 0.05) is 29.1 Å². The lowest BCUT2D eigenvalue weighted by Gasteiger charge is -2.29. The van der Waals surface area contributed by atoms with Crippen LogP contribution in [0.5, 0.6) is 0 Å². The molecule has 1 N–H and O–H groups in total. The number of aryl methyl sites for hydroxylation is 1. The van der Waals surface area contributed by atoms with Gasteiger partial charge in [-0.25, -0.2) is 0 Å². The van der Waals surface area contributed by atoms with Gasteiger partial charge in [0.1, 0.15) is 5.52 Å². The lowest BCUT2D eigenvalue weighted by Crippen LogP contribution is -2.39. The van der Waals surface area contributed by atoms with Crippen LogP contribution in [0.15, 0.2) is 53.3 Å². The number of anilines is 2. The van der Waals surface area contributed by atoms with Crippen LogP contribution < -0.4 is 10.2 Å². The molecule has 0 unspecified atom stereocenters. The van der Waals surface area contributed by atoms with Gasteiger partial charge in [0.15, 0.2) is 0 Å². The molecular weight excluding hydrogens is 380 g/mol. The topological polar surface area (TPSA) is 58.1 Å². The number of nitrogens with zero attached hydrogens (tertiary/aromatic N) is 3. The quantitative estimate of drug-likeness (QED) is 0.731. The molecule has 0 saturated heterocycles. The Hall–Kier alpha value is -2.47. The Kier molecular flexibility index (Phi) is 4.36. The van der Waals surface area contributed by atoms with Gasteiger partial charge in [-0.3, -0.25) is 14.8 Å². The second-order valence-corrected chi connectivity index (χ2v) is 6.93. The Balaban J connectivity index is 1.54. The van der Waals surface area contributed by atoms with Crippen LogP contribution in [-0.4, -0.2) is 29.0 Å². The predicted molar refractivity (Wildman–Crippen MR) is 103 cm³/mol. The van der Waals surface area contributed by atoms with E-state index in [1.54, 1.807) is 12.4 Å². The average molecular weight is 397 g/mol. The van der Waals surface area contributed by atoms with Crippen LogP contribution in [0.2, 0.25) is 0 Å². The zero-order chi connectivity index (χ0) is 17.2. The number of nitrogens with one attached hydrogen (secondary N) is 1. The van der Waals surface area contributed by atoms with Crippen molar-refractivity contribution >= 4 is 44.2 Å². The molecule has 3 aromatic rings. The van der Waals surface area contributed by atoms with Gasteiger partial charge in [0.2, 0.25) is 5.91 Å². The van der Waals surface area contributed by atoms with Gasteiger partial charge in [-0.15, -0.1) is 0 Å². The fraction of sp³-hybridized carbons (Fsp3) is 0.211. The third-order valence-electron chi connectivity index (χ3n) is 4.39. The van der Waals surface area contributed by atoms with E-state index >= 15 is 0 Å². The summed E-state index contributed by atoms with van der Waals surface area (Å²) in [4.78, 5) is 23.4. The number of rotatable bonds is 3. The van der Waals surface area contributed by atoms with E-state index in [-0.39, 0.29) is 12.5 Å². The normalized spacial score (nSPS) is 13.6. The summed E-state index contributed by atoms with van der Waals surface area (Å²) in [6, 6.07) is 11.9. The molecule has 5 nitrogen and oxygen atoms in total. The van der Waals surface area contributed by atoms with Gasteiger partial charge in [-0.05, 0) is 52.5 Å². The molecule has 0 bridgehead atoms. The minimum atomic E-state index is 0.0641. The van der Waals surface area contributed by atoms with Crippen molar-refractivity contribution in [2.45, 2.75) is 12.8 Å². The van der Waals surface area contributed by atoms with Gasteiger partial charge >= 0.3 is 0 Å². The number of amides is 1. The molecule has 6 heteroatoms. The highest BCUT2D eigenvalue weighted by atomic mass is 79.9. The van der Waals surface area contributed by atoms with E-state index in [0.29, 0.717) is 0 Å². The molecule has 1 amide bonds. The largest absolute Gasteiger partial charge is 0.374 e. The Morgan fingerprint density at radius 1 is 1.24 bits per heavy atom. The summed E-state index contributed by atoms with van der Waals surface area (Å²) in [7, 11) is 0. The van der Waals surface area contributed by atoms with E-state index in [4.69, 9.17) is 0 Å². The van der Waals surface area contributed by atoms with E-state index in [1.165, 1.54) is 5.56 Å². The van der Waals surface area contributed by atoms with Crippen molar-refractivity contribution in [3.05, 3.63) is 58.8 Å². The third-order valence-corrected chi connectivity index (χ3v) is 4.82. The van der Waals surface area contributed by atoms with Crippen LogP contribution >= 0.6 is 15.9 Å². The number of hydrogen-bond donors (Lipinski definition) is 1. The first-order valence-electron chi connectivity index (χ1n) is 8.25. The number of pyridine rings is 2. The van der Waals surface area contributed by atoms with Crippen LogP contribution in [0.25, 0.3) is 11.0 Å². The second kappa shape index (κ2) is 6.80. The second-order valence-electron chi connectivity index (χ2n) is 6.01. The van der Waals surface area contributed by atoms with Gasteiger partial charge < -0.3 is 10.2 Å². The summed E-state index contributed by atoms with van der Waals surface area (Å²) >= 11 is 3.40. The number of para-hydroxylation sites is 1. The van der Waals surface area contributed by atoms with Gasteiger partial charge in [0.25, 0.3) is 0 Å². The summed E-state index contributed by atoms with van der Waals surface area (Å²) in [6.45, 7) is 0.991. The highest BCUT2D eigenvalue weighted by Crippen LogP contribution is 2.27. The molecule has 1 aliphatic rings. The highest BCUT2D eigenvalue weighted by molar-refractivity contribution is 9.10. The van der Waals surface area contributed by atoms with Crippen LogP contribution in [-0.2, 0) is 11.2 Å². The van der Waals surface area contributed by atoms with E-state index in [1.807, 2.05) is 35.2 Å². The number of carbonyl (C=O) groups excluding carboxylic acids is 1. The molecule has 0 aliphatic carbocycles. The maximum absolute atomic E-state index is 12.7. The Morgan fingerprint density at radius 2 is 2.12 bits per heavy atom. The van der Waals surface area contributed by atoms with Crippen LogP contribution in [0.1, 0.15) is 12.0 Å². The van der Waals surface area contributed by atoms with Crippen molar-refractivity contribution < 1.29 is 4.79 Å². The first kappa shape index (κ1) is 16.0. The van der Waals surface area contributed by atoms with Crippen molar-refractivity contribution in [3.63, 3.8) is 0 Å². The number of carbonyl (C=O) groups is 1. The van der Waals surface area contributed by atoms with Crippen molar-refractivity contribution in [1.82, 2.24) is 9.97 Å². The average Bonchev–Trinajstić information content (AvgIpc) is 2.65. The van der Waals surface area contributed by atoms with Crippen molar-refractivity contribution in [2.24, 2.45) is 0 Å². The Bertz CT molecular complexity index is 944. The van der Waals surface area contributed by atoms with E-state index in [0.717, 1.165) is 46.3 Å². The molecule has 0 fully saturated rings. The third kappa shape index (κ3) is 3.22. The molecule has 0 spiro atoms. The minimum absolute atomic E-state index is 0.0641. The summed E-state index contributed by atoms with van der Waals surface area (Å²) in [5.74, 6) is 0.0641. The maximum Gasteiger partial charge on any atom is 0.246 e. The van der Waals surface area contributed by atoms with Crippen molar-refractivity contribution in [2.75, 3.05) is 23.3 Å². The monoisotopic (exact) mass is 396 g/mol. The zero-order valence-electron chi connectivity index (χ0n) is 13.6. The van der Waals surface area contributed by atoms with E-state index in [2.05, 4.69) is 37.3 Å². The molecule has 1 aromatic carbocycles. The fourth-order valence-corrected chi connectivity index (χ4v) is 3.53. The van der Waals surface area contributed by atoms with E-state index in [9.17, 15) is 4.79 Å². The molecule has 0 radical (unpaired) electrons. The SMILES string of the molecule is O=C(CNc1ccnc2cc(Br)cnc12)N1CCCc2ccccc21. The molecule has 0 saturated carbocycles. The molecule has 25 heavy (non-hydrogen) atoms. The standard InChI is InChI=1S/C19H17BrN4O/c20-14-10-16-19(23-11-14)15(7-8-21-16)22-12-18(25)24-9-3-5-13-4-1-2-6-17(13)24/h1-2,4,6-8,10-11H,3,5,9,12H2,(H,21,22). The first-order valence-corrected chi connectivity index (χ1v) is 9.04.